The molecule has 1 N–H and O–H groups in total. The van der Waals surface area contributed by atoms with Gasteiger partial charge in [-0.3, -0.25) is 0 Å². The molecule has 102 valence electrons. The van der Waals surface area contributed by atoms with E-state index in [4.69, 9.17) is 5.11 Å². The van der Waals surface area contributed by atoms with Crippen molar-refractivity contribution in [3.8, 4) is 0 Å². The lowest BCUT2D eigenvalue weighted by Gasteiger charge is -2.38. The summed E-state index contributed by atoms with van der Waals surface area (Å²) in [6.45, 7) is 0. The minimum Gasteiger partial charge on any atom is -0.373 e. The van der Waals surface area contributed by atoms with E-state index in [1.807, 2.05) is 0 Å². The Labute approximate surface area is 108 Å². The lowest BCUT2D eigenvalue weighted by Crippen LogP contribution is -2.63. The fourth-order valence-corrected chi connectivity index (χ4v) is 3.49. The Bertz CT molecular complexity index is 254. The Morgan fingerprint density at radius 3 is 1.59 bits per heavy atom. The largest absolute Gasteiger partial charge is 0.427 e. The lowest BCUT2D eigenvalue weighted by molar-refractivity contribution is -0.368. The zero-order chi connectivity index (χ0) is 13.5. The van der Waals surface area contributed by atoms with Gasteiger partial charge in [-0.25, -0.2) is 0 Å². The van der Waals surface area contributed by atoms with Crippen molar-refractivity contribution in [2.45, 2.75) is 47.6 Å². The van der Waals surface area contributed by atoms with Crippen molar-refractivity contribution in [1.82, 2.24) is 0 Å². The van der Waals surface area contributed by atoms with Gasteiger partial charge in [0.25, 0.3) is 5.60 Å². The molecule has 0 saturated heterocycles. The first-order chi connectivity index (χ1) is 7.52. The molecule has 0 bridgehead atoms. The van der Waals surface area contributed by atoms with E-state index in [1.54, 1.807) is 0 Å². The van der Waals surface area contributed by atoms with Crippen molar-refractivity contribution in [2.24, 2.45) is 5.92 Å². The van der Waals surface area contributed by atoms with Crippen molar-refractivity contribution >= 4 is 22.6 Å². The van der Waals surface area contributed by atoms with Crippen molar-refractivity contribution in [1.29, 1.82) is 0 Å². The minimum absolute atomic E-state index is 0.294. The maximum Gasteiger partial charge on any atom is 0.427 e. The number of rotatable bonds is 2. The highest BCUT2D eigenvalue weighted by atomic mass is 127. The van der Waals surface area contributed by atoms with Gasteiger partial charge in [-0.1, -0.05) is 35.4 Å². The minimum atomic E-state index is -5.71. The van der Waals surface area contributed by atoms with Gasteiger partial charge in [0.2, 0.25) is 0 Å². The van der Waals surface area contributed by atoms with Crippen LogP contribution in [0.4, 0.5) is 26.3 Å². The number of hydrogen-bond donors (Lipinski definition) is 1. The van der Waals surface area contributed by atoms with Gasteiger partial charge in [-0.05, 0) is 18.8 Å². The molecule has 1 aliphatic rings. The average molecular weight is 376 g/mol. The molecule has 0 radical (unpaired) electrons. The summed E-state index contributed by atoms with van der Waals surface area (Å²) in [5.74, 6) is -0.746. The molecule has 17 heavy (non-hydrogen) atoms. The van der Waals surface area contributed by atoms with E-state index in [2.05, 4.69) is 0 Å². The van der Waals surface area contributed by atoms with E-state index in [1.165, 1.54) is 0 Å². The molecule has 8 heteroatoms. The highest BCUT2D eigenvalue weighted by Gasteiger charge is 2.74. The van der Waals surface area contributed by atoms with E-state index in [0.717, 1.165) is 22.6 Å². The van der Waals surface area contributed by atoms with Crippen LogP contribution in [0.25, 0.3) is 0 Å². The van der Waals surface area contributed by atoms with Crippen LogP contribution in [0.15, 0.2) is 0 Å². The highest BCUT2D eigenvalue weighted by Crippen LogP contribution is 2.51. The average Bonchev–Trinajstić information content (AvgIpc) is 2.64. The van der Waals surface area contributed by atoms with Crippen LogP contribution in [-0.2, 0) is 0 Å². The van der Waals surface area contributed by atoms with Crippen LogP contribution in [-0.4, -0.2) is 27.0 Å². The molecule has 1 aliphatic carbocycles. The Morgan fingerprint density at radius 2 is 1.29 bits per heavy atom. The van der Waals surface area contributed by atoms with Gasteiger partial charge in [-0.2, -0.15) is 26.3 Å². The summed E-state index contributed by atoms with van der Waals surface area (Å²) in [4.78, 5) is 0. The Morgan fingerprint density at radius 1 is 0.941 bits per heavy atom. The molecule has 0 aromatic rings. The number of aliphatic hydroxyl groups is 1. The van der Waals surface area contributed by atoms with Crippen LogP contribution in [0.1, 0.15) is 25.7 Å². The third kappa shape index (κ3) is 2.66. The van der Waals surface area contributed by atoms with Crippen molar-refractivity contribution in [2.75, 3.05) is 0 Å². The quantitative estimate of drug-likeness (QED) is 0.441. The summed E-state index contributed by atoms with van der Waals surface area (Å²) in [6, 6.07) is 0. The topological polar surface area (TPSA) is 20.2 Å². The zero-order valence-corrected chi connectivity index (χ0v) is 10.7. The predicted molar refractivity (Wildman–Crippen MR) is 56.8 cm³/mol. The molecule has 0 aliphatic heterocycles. The third-order valence-electron chi connectivity index (χ3n) is 3.08. The monoisotopic (exact) mass is 376 g/mol. The molecule has 1 saturated carbocycles. The molecule has 1 unspecified atom stereocenters. The molecule has 0 spiro atoms. The van der Waals surface area contributed by atoms with E-state index >= 15 is 0 Å². The summed E-state index contributed by atoms with van der Waals surface area (Å²) in [6.07, 6.45) is -9.62. The number of halogens is 7. The molecule has 0 aromatic carbocycles. The van der Waals surface area contributed by atoms with Gasteiger partial charge < -0.3 is 5.11 Å². The summed E-state index contributed by atoms with van der Waals surface area (Å²) in [5.41, 5.74) is -4.62. The second-order valence-corrected chi connectivity index (χ2v) is 5.55. The summed E-state index contributed by atoms with van der Waals surface area (Å²) < 4.78 is 73.3. The van der Waals surface area contributed by atoms with Crippen LogP contribution in [0.3, 0.4) is 0 Å². The van der Waals surface area contributed by atoms with E-state index in [-0.39, 0.29) is 0 Å². The first-order valence-electron chi connectivity index (χ1n) is 5.01. The molecule has 1 fully saturated rings. The fraction of sp³-hybridized carbons (Fsp3) is 1.00. The van der Waals surface area contributed by atoms with Gasteiger partial charge in [0.1, 0.15) is 0 Å². The normalized spacial score (nSPS) is 21.9. The SMILES string of the molecule is OC(C(I)C1CCCC1)(C(F)(F)F)C(F)(F)F. The first-order valence-corrected chi connectivity index (χ1v) is 6.26. The summed E-state index contributed by atoms with van der Waals surface area (Å²) >= 11 is 1.08. The van der Waals surface area contributed by atoms with E-state index in [9.17, 15) is 26.3 Å². The highest BCUT2D eigenvalue weighted by molar-refractivity contribution is 14.1. The molecule has 0 heterocycles. The van der Waals surface area contributed by atoms with E-state index < -0.39 is 27.8 Å². The smallest absolute Gasteiger partial charge is 0.373 e. The standard InChI is InChI=1S/C9H11F6IO/c10-8(11,12)7(17,9(13,14)15)6(16)5-3-1-2-4-5/h5-6,17H,1-4H2. The van der Waals surface area contributed by atoms with E-state index in [0.29, 0.717) is 25.7 Å². The van der Waals surface area contributed by atoms with Gasteiger partial charge in [-0.15, -0.1) is 0 Å². The van der Waals surface area contributed by atoms with Crippen molar-refractivity contribution in [3.63, 3.8) is 0 Å². The van der Waals surface area contributed by atoms with Crippen LogP contribution in [0, 0.1) is 5.92 Å². The maximum atomic E-state index is 12.5. The van der Waals surface area contributed by atoms with Gasteiger partial charge >= 0.3 is 12.4 Å². The molecule has 0 amide bonds. The molecule has 0 aromatic heterocycles. The lowest BCUT2D eigenvalue weighted by atomic mass is 9.88. The van der Waals surface area contributed by atoms with Crippen molar-refractivity contribution < 1.29 is 31.4 Å². The molecular weight excluding hydrogens is 365 g/mol. The second kappa shape index (κ2) is 4.75. The number of alkyl halides is 7. The molecular formula is C9H11F6IO. The molecule has 1 atom stereocenters. The Hall–Kier alpha value is 0.270. The molecule has 1 rings (SSSR count). The van der Waals surface area contributed by atoms with Gasteiger partial charge in [0, 0.05) is 0 Å². The van der Waals surface area contributed by atoms with Crippen LogP contribution < -0.4 is 0 Å². The van der Waals surface area contributed by atoms with Crippen molar-refractivity contribution in [3.05, 3.63) is 0 Å². The van der Waals surface area contributed by atoms with Gasteiger partial charge in [0.05, 0.1) is 3.92 Å². The Kier molecular flexibility index (Phi) is 4.28. The zero-order valence-electron chi connectivity index (χ0n) is 8.58. The van der Waals surface area contributed by atoms with Crippen LogP contribution in [0.5, 0.6) is 0 Å². The summed E-state index contributed by atoms with van der Waals surface area (Å²) in [5, 5.41) is 9.16. The van der Waals surface area contributed by atoms with Crippen LogP contribution >= 0.6 is 22.6 Å². The number of hydrogen-bond acceptors (Lipinski definition) is 1. The molecule has 1 nitrogen and oxygen atoms in total. The second-order valence-electron chi connectivity index (χ2n) is 4.21. The first kappa shape index (κ1) is 15.3. The third-order valence-corrected chi connectivity index (χ3v) is 5.00. The predicted octanol–water partition coefficient (Wildman–Crippen LogP) is 3.84. The van der Waals surface area contributed by atoms with Crippen LogP contribution in [0.2, 0.25) is 0 Å². The fourth-order valence-electron chi connectivity index (χ4n) is 2.06. The maximum absolute atomic E-state index is 12.5. The Balaban J connectivity index is 3.06. The van der Waals surface area contributed by atoms with Gasteiger partial charge in [0.15, 0.2) is 0 Å². The summed E-state index contributed by atoms with van der Waals surface area (Å²) in [7, 11) is 0.